The van der Waals surface area contributed by atoms with Gasteiger partial charge in [0.05, 0.1) is 0 Å². The quantitative estimate of drug-likeness (QED) is 0.367. The molecule has 3 heteroatoms. The van der Waals surface area contributed by atoms with Crippen molar-refractivity contribution in [3.63, 3.8) is 0 Å². The van der Waals surface area contributed by atoms with Crippen molar-refractivity contribution in [3.8, 4) is 0 Å². The number of hydrogen-bond acceptors (Lipinski definition) is 1. The average molecular weight is 150 g/mol. The average Bonchev–Trinajstić information content (AvgIpc) is 1.72. The maximum absolute atomic E-state index is 3.75. The minimum Gasteiger partial charge on any atom is -1.00 e. The van der Waals surface area contributed by atoms with Crippen molar-refractivity contribution in [2.24, 2.45) is 4.99 Å². The van der Waals surface area contributed by atoms with Gasteiger partial charge in [0.15, 0.2) is 0 Å². The summed E-state index contributed by atoms with van der Waals surface area (Å²) >= 11 is 0. The van der Waals surface area contributed by atoms with Crippen molar-refractivity contribution < 1.29 is 12.4 Å². The minimum atomic E-state index is 0. The van der Waals surface area contributed by atoms with Gasteiger partial charge in [-0.05, 0) is 0 Å². The molecular formula is C5H5Cl2N. The third kappa shape index (κ3) is 3.82. The van der Waals surface area contributed by atoms with Crippen LogP contribution in [0.3, 0.4) is 0 Å². The Balaban J connectivity index is 0. The lowest BCUT2D eigenvalue weighted by molar-refractivity contribution is -0.00000136. The molecule has 1 aliphatic rings. The molecule has 0 spiro atoms. The number of allylic oxidation sites excluding steroid dienone is 3. The number of nitrogens with zero attached hydrogens (tertiary/aromatic N) is 1. The molecule has 1 aliphatic heterocycles. The summed E-state index contributed by atoms with van der Waals surface area (Å²) in [7, 11) is 0. The highest BCUT2D eigenvalue weighted by molar-refractivity contribution is 5.85. The van der Waals surface area contributed by atoms with Gasteiger partial charge in [-0.1, -0.05) is 0 Å². The van der Waals surface area contributed by atoms with Crippen LogP contribution in [0.4, 0.5) is 0 Å². The molecule has 0 saturated heterocycles. The van der Waals surface area contributed by atoms with Gasteiger partial charge in [-0.2, -0.15) is 0 Å². The van der Waals surface area contributed by atoms with E-state index in [9.17, 15) is 0 Å². The first kappa shape index (κ1) is 10.6. The lowest BCUT2D eigenvalue weighted by Crippen LogP contribution is -3.00. The van der Waals surface area contributed by atoms with E-state index >= 15 is 0 Å². The molecule has 0 N–H and O–H groups in total. The van der Waals surface area contributed by atoms with Crippen LogP contribution in [-0.2, 0) is 0 Å². The molecule has 0 amide bonds. The third-order valence-corrected chi connectivity index (χ3v) is 0.514. The van der Waals surface area contributed by atoms with Crippen LogP contribution in [-0.4, -0.2) is 6.21 Å². The van der Waals surface area contributed by atoms with Gasteiger partial charge in [0.25, 0.3) is 0 Å². The molecule has 1 heterocycles. The summed E-state index contributed by atoms with van der Waals surface area (Å²) in [6, 6.07) is 0. The van der Waals surface area contributed by atoms with Gasteiger partial charge in [-0.25, -0.2) is 0 Å². The maximum Gasteiger partial charge on any atom is 0.141 e. The van der Waals surface area contributed by atoms with Crippen LogP contribution in [0.25, 0.3) is 0 Å². The lowest BCUT2D eigenvalue weighted by Gasteiger charge is -1.64. The predicted molar refractivity (Wildman–Crippen MR) is 32.7 cm³/mol. The van der Waals surface area contributed by atoms with Gasteiger partial charge in [0.2, 0.25) is 0 Å². The summed E-state index contributed by atoms with van der Waals surface area (Å²) in [6.45, 7) is 0. The summed E-state index contributed by atoms with van der Waals surface area (Å²) in [5, 5.41) is 0. The van der Waals surface area contributed by atoms with Crippen LogP contribution in [0, 0.1) is 6.08 Å². The normalized spacial score (nSPS) is 11.0. The number of hydrogen-bond donors (Lipinski definition) is 0. The Morgan fingerprint density at radius 2 is 2.12 bits per heavy atom. The van der Waals surface area contributed by atoms with Crippen LogP contribution in [0.5, 0.6) is 0 Å². The van der Waals surface area contributed by atoms with Crippen molar-refractivity contribution in [1.29, 1.82) is 0 Å². The van der Waals surface area contributed by atoms with Gasteiger partial charge in [0, 0.05) is 6.08 Å². The van der Waals surface area contributed by atoms with E-state index in [4.69, 9.17) is 0 Å². The van der Waals surface area contributed by atoms with Gasteiger partial charge >= 0.3 is 0 Å². The van der Waals surface area contributed by atoms with E-state index in [0.29, 0.717) is 0 Å². The van der Waals surface area contributed by atoms with E-state index in [0.717, 1.165) is 0 Å². The second kappa shape index (κ2) is 6.64. The third-order valence-electron chi connectivity index (χ3n) is 0.514. The summed E-state index contributed by atoms with van der Waals surface area (Å²) < 4.78 is 0. The van der Waals surface area contributed by atoms with Gasteiger partial charge in [-0.3, -0.25) is 0 Å². The Labute approximate surface area is 61.0 Å². The van der Waals surface area contributed by atoms with E-state index in [1.165, 1.54) is 0 Å². The largest absolute Gasteiger partial charge is 1.00 e. The van der Waals surface area contributed by atoms with Crippen LogP contribution in [0.2, 0.25) is 0 Å². The standard InChI is InChI=1S/C5H4N.2ClH/c1-2-4-6-5-3-1;;/h2-5H;2*1H/q+1;;/p-1. The zero-order valence-corrected chi connectivity index (χ0v) is 5.62. The number of halogens is 2. The molecular weight excluding hydrogens is 145 g/mol. The van der Waals surface area contributed by atoms with Gasteiger partial charge in [0.1, 0.15) is 24.6 Å². The molecule has 0 bridgehead atoms. The van der Waals surface area contributed by atoms with Gasteiger partial charge in [-0.15, -0.1) is 17.4 Å². The molecule has 44 valence electrons. The molecule has 0 aromatic rings. The van der Waals surface area contributed by atoms with Crippen LogP contribution in [0.15, 0.2) is 23.3 Å². The lowest BCUT2D eigenvalue weighted by atomic mass is 10.4. The van der Waals surface area contributed by atoms with E-state index in [2.05, 4.69) is 11.1 Å². The molecule has 0 fully saturated rings. The minimum absolute atomic E-state index is 0. The fourth-order valence-corrected chi connectivity index (χ4v) is 0.277. The highest BCUT2D eigenvalue weighted by Gasteiger charge is 1.79. The van der Waals surface area contributed by atoms with Crippen molar-refractivity contribution in [2.75, 3.05) is 0 Å². The Bertz CT molecular complexity index is 79.8. The number of rotatable bonds is 0. The highest BCUT2D eigenvalue weighted by Crippen LogP contribution is 1.80. The summed E-state index contributed by atoms with van der Waals surface area (Å²) in [4.78, 5) is 3.75. The Hall–Kier alpha value is -0.360. The smallest absolute Gasteiger partial charge is 0.141 e. The van der Waals surface area contributed by atoms with Crippen molar-refractivity contribution in [2.45, 2.75) is 0 Å². The molecule has 8 heavy (non-hydrogen) atoms. The van der Waals surface area contributed by atoms with E-state index in [1.54, 1.807) is 24.6 Å². The Kier molecular flexibility index (Phi) is 8.79. The zero-order valence-electron chi connectivity index (χ0n) is 4.04. The highest BCUT2D eigenvalue weighted by atomic mass is 35.5. The molecule has 0 saturated carbocycles. The molecule has 0 unspecified atom stereocenters. The molecule has 0 atom stereocenters. The molecule has 1 rings (SSSR count). The topological polar surface area (TPSA) is 12.4 Å². The monoisotopic (exact) mass is 149 g/mol. The molecule has 0 aromatic carbocycles. The Morgan fingerprint density at radius 1 is 1.38 bits per heavy atom. The predicted octanol–water partition coefficient (Wildman–Crippen LogP) is -1.63. The van der Waals surface area contributed by atoms with E-state index < -0.39 is 0 Å². The zero-order chi connectivity index (χ0) is 4.24. The molecule has 1 nitrogen and oxygen atoms in total. The molecule has 0 aliphatic carbocycles. The van der Waals surface area contributed by atoms with E-state index in [1.807, 2.05) is 0 Å². The van der Waals surface area contributed by atoms with Gasteiger partial charge < -0.3 is 12.4 Å². The first-order chi connectivity index (χ1) is 3.00. The molecule has 0 aromatic heterocycles. The summed E-state index contributed by atoms with van der Waals surface area (Å²) in [6.07, 6.45) is 9.75. The first-order valence-corrected chi connectivity index (χ1v) is 1.76. The van der Waals surface area contributed by atoms with Crippen LogP contribution in [0.1, 0.15) is 0 Å². The van der Waals surface area contributed by atoms with Crippen LogP contribution >= 0.6 is 12.4 Å². The second-order valence-corrected chi connectivity index (χ2v) is 0.947. The first-order valence-electron chi connectivity index (χ1n) is 1.76. The summed E-state index contributed by atoms with van der Waals surface area (Å²) in [5.74, 6) is 0. The SMILES string of the molecule is Cl.[C+]1=CC=NC=C1.[Cl-]. The Morgan fingerprint density at radius 3 is 2.25 bits per heavy atom. The second-order valence-electron chi connectivity index (χ2n) is 0.947. The van der Waals surface area contributed by atoms with Crippen molar-refractivity contribution in [1.82, 2.24) is 0 Å². The van der Waals surface area contributed by atoms with E-state index in [-0.39, 0.29) is 24.8 Å². The number of aliphatic imine (C=N–C) groups is 1. The molecule has 0 radical (unpaired) electrons. The van der Waals surface area contributed by atoms with Crippen molar-refractivity contribution >= 4 is 18.6 Å². The fourth-order valence-electron chi connectivity index (χ4n) is 0.277. The van der Waals surface area contributed by atoms with Crippen molar-refractivity contribution in [3.05, 3.63) is 24.4 Å². The maximum atomic E-state index is 3.75. The van der Waals surface area contributed by atoms with Crippen LogP contribution < -0.4 is 12.4 Å². The fraction of sp³-hybridized carbons (Fsp3) is 0. The summed E-state index contributed by atoms with van der Waals surface area (Å²) in [5.41, 5.74) is 0.